The maximum absolute atomic E-state index is 4.92. The summed E-state index contributed by atoms with van der Waals surface area (Å²) in [6, 6.07) is 16.3. The normalized spacial score (nSPS) is 12.4. The van der Waals surface area contributed by atoms with Crippen LogP contribution in [0.25, 0.3) is 5.82 Å². The highest BCUT2D eigenvalue weighted by molar-refractivity contribution is 5.24. The van der Waals surface area contributed by atoms with Gasteiger partial charge in [-0.1, -0.05) is 50.2 Å². The van der Waals surface area contributed by atoms with Gasteiger partial charge < -0.3 is 4.57 Å². The van der Waals surface area contributed by atoms with Gasteiger partial charge in [0, 0.05) is 30.9 Å². The number of aromatic nitrogens is 6. The van der Waals surface area contributed by atoms with Crippen LogP contribution < -0.4 is 0 Å². The fourth-order valence-corrected chi connectivity index (χ4v) is 3.52. The highest BCUT2D eigenvalue weighted by Gasteiger charge is 2.22. The number of rotatable bonds is 7. The molecule has 0 bridgehead atoms. The van der Waals surface area contributed by atoms with E-state index in [1.807, 2.05) is 41.3 Å². The molecule has 1 aromatic carbocycles. The zero-order chi connectivity index (χ0) is 20.2. The average molecular weight is 387 g/mol. The molecule has 4 aromatic rings. The molecule has 0 fully saturated rings. The number of aryl methyl sites for hydroxylation is 2. The lowest BCUT2D eigenvalue weighted by molar-refractivity contribution is 0.537. The van der Waals surface area contributed by atoms with Crippen molar-refractivity contribution in [2.75, 3.05) is 0 Å². The van der Waals surface area contributed by atoms with Crippen molar-refractivity contribution in [1.29, 1.82) is 0 Å². The Bertz CT molecular complexity index is 1050. The first kappa shape index (κ1) is 19.1. The molecule has 3 aromatic heterocycles. The van der Waals surface area contributed by atoms with Gasteiger partial charge in [0.05, 0.1) is 6.04 Å². The van der Waals surface area contributed by atoms with Crippen molar-refractivity contribution in [2.45, 2.75) is 45.6 Å². The Labute approximate surface area is 171 Å². The summed E-state index contributed by atoms with van der Waals surface area (Å²) in [5, 5.41) is 4.81. The minimum Gasteiger partial charge on any atom is -0.324 e. The lowest BCUT2D eigenvalue weighted by Crippen LogP contribution is -2.16. The highest BCUT2D eigenvalue weighted by Crippen LogP contribution is 2.24. The Morgan fingerprint density at radius 1 is 0.828 bits per heavy atom. The molecule has 6 nitrogen and oxygen atoms in total. The highest BCUT2D eigenvalue weighted by atomic mass is 15.4. The molecule has 0 radical (unpaired) electrons. The Hall–Kier alpha value is -3.28. The first-order chi connectivity index (χ1) is 14.1. The summed E-state index contributed by atoms with van der Waals surface area (Å²) in [6.45, 7) is 6.44. The van der Waals surface area contributed by atoms with Crippen LogP contribution >= 0.6 is 0 Å². The minimum atomic E-state index is -0.00474. The van der Waals surface area contributed by atoms with E-state index in [9.17, 15) is 0 Å². The van der Waals surface area contributed by atoms with E-state index in [1.54, 1.807) is 6.20 Å². The summed E-state index contributed by atoms with van der Waals surface area (Å²) in [7, 11) is 0. The van der Waals surface area contributed by atoms with Crippen LogP contribution in [0.4, 0.5) is 0 Å². The van der Waals surface area contributed by atoms with Crippen LogP contribution in [0.1, 0.15) is 55.8 Å². The molecule has 29 heavy (non-hydrogen) atoms. The number of hydrogen-bond donors (Lipinski definition) is 0. The molecule has 1 atom stereocenters. The summed E-state index contributed by atoms with van der Waals surface area (Å²) >= 11 is 0. The second-order valence-electron chi connectivity index (χ2n) is 7.49. The summed E-state index contributed by atoms with van der Waals surface area (Å²) in [6.07, 6.45) is 7.34. The summed E-state index contributed by atoms with van der Waals surface area (Å²) in [5.74, 6) is 3.84. The fraction of sp³-hybridized carbons (Fsp3) is 0.304. The van der Waals surface area contributed by atoms with Gasteiger partial charge in [-0.25, -0.2) is 15.0 Å². The maximum Gasteiger partial charge on any atom is 0.157 e. The summed E-state index contributed by atoms with van der Waals surface area (Å²) in [5.41, 5.74) is 1.29. The van der Waals surface area contributed by atoms with Crippen LogP contribution in [-0.2, 0) is 12.8 Å². The zero-order valence-corrected chi connectivity index (χ0v) is 17.1. The third kappa shape index (κ3) is 4.11. The van der Waals surface area contributed by atoms with E-state index in [4.69, 9.17) is 10.1 Å². The molecule has 0 N–H and O–H groups in total. The van der Waals surface area contributed by atoms with Gasteiger partial charge in [0.1, 0.15) is 5.82 Å². The molecule has 0 aliphatic carbocycles. The Balaban J connectivity index is 1.69. The van der Waals surface area contributed by atoms with E-state index in [1.165, 1.54) is 5.56 Å². The number of hydrogen-bond acceptors (Lipinski definition) is 4. The van der Waals surface area contributed by atoms with Crippen molar-refractivity contribution in [1.82, 2.24) is 29.3 Å². The number of imidazole rings is 1. The first-order valence-electron chi connectivity index (χ1n) is 10.1. The molecule has 0 saturated heterocycles. The predicted molar refractivity (Wildman–Crippen MR) is 113 cm³/mol. The van der Waals surface area contributed by atoms with Crippen molar-refractivity contribution in [2.24, 2.45) is 0 Å². The van der Waals surface area contributed by atoms with Crippen LogP contribution in [0, 0.1) is 0 Å². The van der Waals surface area contributed by atoms with Gasteiger partial charge in [0.25, 0.3) is 0 Å². The fourth-order valence-electron chi connectivity index (χ4n) is 3.52. The van der Waals surface area contributed by atoms with Crippen LogP contribution in [0.2, 0.25) is 0 Å². The number of pyridine rings is 1. The molecule has 148 valence electrons. The van der Waals surface area contributed by atoms with E-state index in [2.05, 4.69) is 59.6 Å². The topological polar surface area (TPSA) is 61.4 Å². The first-order valence-corrected chi connectivity index (χ1v) is 10.1. The molecule has 0 unspecified atom stereocenters. The average Bonchev–Trinajstić information content (AvgIpc) is 3.41. The third-order valence-corrected chi connectivity index (χ3v) is 5.03. The zero-order valence-electron chi connectivity index (χ0n) is 17.1. The molecule has 0 spiro atoms. The predicted octanol–water partition coefficient (Wildman–Crippen LogP) is 4.38. The Morgan fingerprint density at radius 2 is 1.62 bits per heavy atom. The monoisotopic (exact) mass is 386 g/mol. The number of benzene rings is 1. The quantitative estimate of drug-likeness (QED) is 0.473. The largest absolute Gasteiger partial charge is 0.324 e. The molecule has 3 heterocycles. The van der Waals surface area contributed by atoms with Gasteiger partial charge in [-0.2, -0.15) is 4.68 Å². The lowest BCUT2D eigenvalue weighted by atomic mass is 10.1. The summed E-state index contributed by atoms with van der Waals surface area (Å²) in [4.78, 5) is 14.0. The Morgan fingerprint density at radius 3 is 2.34 bits per heavy atom. The number of nitrogens with zero attached hydrogens (tertiary/aromatic N) is 6. The van der Waals surface area contributed by atoms with Crippen LogP contribution in [0.3, 0.4) is 0 Å². The molecule has 0 amide bonds. The van der Waals surface area contributed by atoms with Crippen LogP contribution in [0.15, 0.2) is 67.1 Å². The third-order valence-electron chi connectivity index (χ3n) is 5.03. The molecule has 0 saturated carbocycles. The van der Waals surface area contributed by atoms with E-state index in [0.29, 0.717) is 5.92 Å². The second kappa shape index (κ2) is 8.39. The second-order valence-corrected chi connectivity index (χ2v) is 7.49. The van der Waals surface area contributed by atoms with Gasteiger partial charge in [-0.05, 0) is 31.0 Å². The van der Waals surface area contributed by atoms with Crippen molar-refractivity contribution in [3.8, 4) is 5.82 Å². The van der Waals surface area contributed by atoms with E-state index in [0.717, 1.165) is 36.1 Å². The Kier molecular flexibility index (Phi) is 5.51. The lowest BCUT2D eigenvalue weighted by Gasteiger charge is -2.18. The molecular formula is C23H26N6. The van der Waals surface area contributed by atoms with E-state index in [-0.39, 0.29) is 6.04 Å². The minimum absolute atomic E-state index is 0.00474. The summed E-state index contributed by atoms with van der Waals surface area (Å²) < 4.78 is 4.05. The van der Waals surface area contributed by atoms with Gasteiger partial charge in [0.2, 0.25) is 0 Å². The van der Waals surface area contributed by atoms with Crippen LogP contribution in [0.5, 0.6) is 0 Å². The van der Waals surface area contributed by atoms with Crippen molar-refractivity contribution in [3.05, 3.63) is 90.2 Å². The smallest absolute Gasteiger partial charge is 0.157 e. The molecule has 0 aliphatic rings. The molecular weight excluding hydrogens is 360 g/mol. The van der Waals surface area contributed by atoms with Crippen molar-refractivity contribution < 1.29 is 0 Å². The molecule has 0 aliphatic heterocycles. The van der Waals surface area contributed by atoms with Gasteiger partial charge in [-0.3, -0.25) is 0 Å². The molecule has 4 rings (SSSR count). The molecule has 6 heteroatoms. The SMILES string of the molecule is CC(C)c1nccn1[C@H](C)c1nc(CCc2ccccc2)nn1-c1ccccn1. The standard InChI is InChI=1S/C23H26N6/c1-17(2)22-25-15-16-28(22)18(3)23-26-20(13-12-19-9-5-4-6-10-19)27-29(23)21-11-7-8-14-24-21/h4-11,14-18H,12-13H2,1-3H3/t18-/m1/s1. The van der Waals surface area contributed by atoms with Crippen molar-refractivity contribution >= 4 is 0 Å². The van der Waals surface area contributed by atoms with E-state index >= 15 is 0 Å². The van der Waals surface area contributed by atoms with E-state index < -0.39 is 0 Å². The van der Waals surface area contributed by atoms with Gasteiger partial charge >= 0.3 is 0 Å². The van der Waals surface area contributed by atoms with Gasteiger partial charge in [0.15, 0.2) is 17.5 Å². The van der Waals surface area contributed by atoms with Crippen molar-refractivity contribution in [3.63, 3.8) is 0 Å². The van der Waals surface area contributed by atoms with Crippen LogP contribution in [-0.4, -0.2) is 29.3 Å². The van der Waals surface area contributed by atoms with Gasteiger partial charge in [-0.15, -0.1) is 5.10 Å². The maximum atomic E-state index is 4.92.